The van der Waals surface area contributed by atoms with Crippen LogP contribution in [0, 0.1) is 5.41 Å². The van der Waals surface area contributed by atoms with Gasteiger partial charge in [0.1, 0.15) is 5.41 Å². The lowest BCUT2D eigenvalue weighted by Crippen LogP contribution is -2.59. The van der Waals surface area contributed by atoms with Crippen molar-refractivity contribution in [2.24, 2.45) is 5.41 Å². The highest BCUT2D eigenvalue weighted by Gasteiger charge is 2.62. The monoisotopic (exact) mass is 309 g/mol. The van der Waals surface area contributed by atoms with Crippen molar-refractivity contribution in [1.82, 2.24) is 10.3 Å². The van der Waals surface area contributed by atoms with Crippen molar-refractivity contribution >= 4 is 39.5 Å². The fourth-order valence-corrected chi connectivity index (χ4v) is 2.35. The second-order valence-corrected chi connectivity index (χ2v) is 5.26. The maximum Gasteiger partial charge on any atom is 0.335 e. The molecule has 1 spiro atoms. The molecule has 1 aliphatic carbocycles. The standard InChI is InChI=1S/C11H8BrN3O3/c12-6-3-7(5-13-4-6)15-9(17)11(1-2-11)8(16)14-10(15)18/h3-5H,1-2H2,(H,14,16,18). The minimum absolute atomic E-state index is 0.352. The second-order valence-electron chi connectivity index (χ2n) is 4.34. The molecule has 2 heterocycles. The number of hydrogen-bond donors (Lipinski definition) is 1. The molecule has 18 heavy (non-hydrogen) atoms. The van der Waals surface area contributed by atoms with Gasteiger partial charge in [0.2, 0.25) is 5.91 Å². The van der Waals surface area contributed by atoms with Crippen LogP contribution in [0.15, 0.2) is 22.9 Å². The van der Waals surface area contributed by atoms with Crippen LogP contribution in [0.25, 0.3) is 0 Å². The summed E-state index contributed by atoms with van der Waals surface area (Å²) < 4.78 is 0.655. The molecule has 1 aromatic rings. The first-order valence-electron chi connectivity index (χ1n) is 5.35. The molecule has 0 aromatic carbocycles. The number of carbonyl (C=O) groups is 3. The third-order valence-corrected chi connectivity index (χ3v) is 3.60. The van der Waals surface area contributed by atoms with E-state index in [1.54, 1.807) is 12.3 Å². The fraction of sp³-hybridized carbons (Fsp3) is 0.273. The molecular weight excluding hydrogens is 302 g/mol. The summed E-state index contributed by atoms with van der Waals surface area (Å²) in [6, 6.07) is 0.888. The molecule has 2 aliphatic rings. The summed E-state index contributed by atoms with van der Waals surface area (Å²) in [5, 5.41) is 2.21. The van der Waals surface area contributed by atoms with Crippen LogP contribution in [0.4, 0.5) is 10.5 Å². The van der Waals surface area contributed by atoms with E-state index >= 15 is 0 Å². The largest absolute Gasteiger partial charge is 0.335 e. The van der Waals surface area contributed by atoms with Gasteiger partial charge in [-0.2, -0.15) is 0 Å². The van der Waals surface area contributed by atoms with E-state index in [0.717, 1.165) is 4.90 Å². The number of barbiturate groups is 1. The molecule has 0 atom stereocenters. The number of nitrogens with zero attached hydrogens (tertiary/aromatic N) is 2. The Morgan fingerprint density at radius 3 is 2.61 bits per heavy atom. The summed E-state index contributed by atoms with van der Waals surface area (Å²) in [5.41, 5.74) is -0.679. The van der Waals surface area contributed by atoms with Crippen LogP contribution >= 0.6 is 15.9 Å². The zero-order valence-corrected chi connectivity index (χ0v) is 10.7. The van der Waals surface area contributed by atoms with E-state index in [4.69, 9.17) is 0 Å². The van der Waals surface area contributed by atoms with E-state index in [0.29, 0.717) is 23.0 Å². The van der Waals surface area contributed by atoms with Crippen molar-refractivity contribution in [2.45, 2.75) is 12.8 Å². The third kappa shape index (κ3) is 1.47. The highest BCUT2D eigenvalue weighted by atomic mass is 79.9. The van der Waals surface area contributed by atoms with Crippen molar-refractivity contribution in [1.29, 1.82) is 0 Å². The fourth-order valence-electron chi connectivity index (χ4n) is 2.00. The SMILES string of the molecule is O=C1NC(=O)C2(CC2)C(=O)N1c1cncc(Br)c1. The van der Waals surface area contributed by atoms with Gasteiger partial charge in [0, 0.05) is 10.7 Å². The van der Waals surface area contributed by atoms with Gasteiger partial charge >= 0.3 is 6.03 Å². The summed E-state index contributed by atoms with van der Waals surface area (Å²) in [5.74, 6) is -0.951. The summed E-state index contributed by atoms with van der Waals surface area (Å²) in [6.07, 6.45) is 3.94. The van der Waals surface area contributed by atoms with Crippen LogP contribution in [0.2, 0.25) is 0 Å². The summed E-state index contributed by atoms with van der Waals surface area (Å²) in [7, 11) is 0. The van der Waals surface area contributed by atoms with Crippen molar-refractivity contribution in [3.63, 3.8) is 0 Å². The van der Waals surface area contributed by atoms with E-state index in [-0.39, 0.29) is 0 Å². The van der Waals surface area contributed by atoms with Crippen molar-refractivity contribution in [3.8, 4) is 0 Å². The molecule has 92 valence electrons. The smallest absolute Gasteiger partial charge is 0.276 e. The van der Waals surface area contributed by atoms with E-state index < -0.39 is 23.3 Å². The number of rotatable bonds is 1. The van der Waals surface area contributed by atoms with E-state index in [1.165, 1.54) is 6.20 Å². The molecule has 1 aliphatic heterocycles. The molecule has 2 fully saturated rings. The number of imide groups is 2. The van der Waals surface area contributed by atoms with Gasteiger partial charge in [0.15, 0.2) is 0 Å². The van der Waals surface area contributed by atoms with Crippen molar-refractivity contribution in [3.05, 3.63) is 22.9 Å². The minimum atomic E-state index is -1.03. The number of halogens is 1. The Hall–Kier alpha value is -1.76. The number of pyridine rings is 1. The molecule has 3 rings (SSSR count). The van der Waals surface area contributed by atoms with Gasteiger partial charge in [-0.1, -0.05) is 0 Å². The van der Waals surface area contributed by atoms with Crippen LogP contribution in [0.3, 0.4) is 0 Å². The topological polar surface area (TPSA) is 79.4 Å². The Morgan fingerprint density at radius 2 is 2.00 bits per heavy atom. The lowest BCUT2D eigenvalue weighted by molar-refractivity contribution is -0.136. The van der Waals surface area contributed by atoms with Crippen LogP contribution in [0.5, 0.6) is 0 Å². The molecule has 1 N–H and O–H groups in total. The summed E-state index contributed by atoms with van der Waals surface area (Å²) in [4.78, 5) is 40.5. The van der Waals surface area contributed by atoms with Gasteiger partial charge in [0.05, 0.1) is 11.9 Å². The predicted octanol–water partition coefficient (Wildman–Crippen LogP) is 1.21. The molecule has 0 radical (unpaired) electrons. The Kier molecular flexibility index (Phi) is 2.28. The third-order valence-electron chi connectivity index (χ3n) is 3.17. The molecule has 7 heteroatoms. The van der Waals surface area contributed by atoms with Crippen LogP contribution in [0.1, 0.15) is 12.8 Å². The molecule has 1 saturated heterocycles. The zero-order valence-electron chi connectivity index (χ0n) is 9.14. The normalized spacial score (nSPS) is 21.2. The molecule has 0 unspecified atom stereocenters. The molecule has 6 nitrogen and oxygen atoms in total. The second kappa shape index (κ2) is 3.61. The first-order valence-corrected chi connectivity index (χ1v) is 6.14. The zero-order chi connectivity index (χ0) is 12.9. The lowest BCUT2D eigenvalue weighted by atomic mass is 10.0. The molecule has 1 aromatic heterocycles. The number of hydrogen-bond acceptors (Lipinski definition) is 4. The lowest BCUT2D eigenvalue weighted by Gasteiger charge is -2.29. The van der Waals surface area contributed by atoms with Crippen LogP contribution in [-0.4, -0.2) is 22.8 Å². The van der Waals surface area contributed by atoms with Gasteiger partial charge in [-0.15, -0.1) is 0 Å². The van der Waals surface area contributed by atoms with Gasteiger partial charge < -0.3 is 0 Å². The highest BCUT2D eigenvalue weighted by Crippen LogP contribution is 2.49. The van der Waals surface area contributed by atoms with E-state index in [2.05, 4.69) is 26.2 Å². The number of amides is 4. The number of aromatic nitrogens is 1. The van der Waals surface area contributed by atoms with Gasteiger partial charge in [-0.3, -0.25) is 19.9 Å². The first-order chi connectivity index (χ1) is 8.54. The average Bonchev–Trinajstić information content (AvgIpc) is 3.08. The van der Waals surface area contributed by atoms with Crippen LogP contribution < -0.4 is 10.2 Å². The molecule has 1 saturated carbocycles. The van der Waals surface area contributed by atoms with E-state index in [1.807, 2.05) is 0 Å². The number of anilines is 1. The summed E-state index contributed by atoms with van der Waals surface area (Å²) in [6.45, 7) is 0. The number of carbonyl (C=O) groups excluding carboxylic acids is 3. The number of nitrogens with one attached hydrogen (secondary N) is 1. The van der Waals surface area contributed by atoms with Gasteiger partial charge in [0.25, 0.3) is 5.91 Å². The molecule has 4 amide bonds. The Balaban J connectivity index is 2.03. The summed E-state index contributed by atoms with van der Waals surface area (Å²) >= 11 is 3.23. The average molecular weight is 310 g/mol. The highest BCUT2D eigenvalue weighted by molar-refractivity contribution is 9.10. The minimum Gasteiger partial charge on any atom is -0.276 e. The van der Waals surface area contributed by atoms with E-state index in [9.17, 15) is 14.4 Å². The quantitative estimate of drug-likeness (QED) is 0.791. The maximum absolute atomic E-state index is 12.2. The van der Waals surface area contributed by atoms with Gasteiger partial charge in [-0.05, 0) is 34.8 Å². The van der Waals surface area contributed by atoms with Crippen LogP contribution in [-0.2, 0) is 9.59 Å². The Morgan fingerprint density at radius 1 is 1.28 bits per heavy atom. The molecular formula is C11H8BrN3O3. The molecule has 0 bridgehead atoms. The first kappa shape index (κ1) is 11.3. The Labute approximate surface area is 110 Å². The van der Waals surface area contributed by atoms with Crippen molar-refractivity contribution < 1.29 is 14.4 Å². The maximum atomic E-state index is 12.2. The number of urea groups is 1. The Bertz CT molecular complexity index is 583. The van der Waals surface area contributed by atoms with Crippen molar-refractivity contribution in [2.75, 3.05) is 4.90 Å². The van der Waals surface area contributed by atoms with Gasteiger partial charge in [-0.25, -0.2) is 9.69 Å². The predicted molar refractivity (Wildman–Crippen MR) is 64.6 cm³/mol.